The molecule has 1 aromatic carbocycles. The number of benzene rings is 1. The molecule has 0 spiro atoms. The number of rotatable bonds is 4. The first-order chi connectivity index (χ1) is 9.15. The largest absolute Gasteiger partial charge is 0.486 e. The third-order valence-corrected chi connectivity index (χ3v) is 2.33. The van der Waals surface area contributed by atoms with E-state index in [1.165, 1.54) is 6.08 Å². The molecule has 6 heteroatoms. The van der Waals surface area contributed by atoms with Crippen LogP contribution in [0.2, 0.25) is 0 Å². The fraction of sp³-hybridized carbons (Fsp3) is 0.231. The fourth-order valence-electron chi connectivity index (χ4n) is 1.52. The summed E-state index contributed by atoms with van der Waals surface area (Å²) in [5.74, 6) is -0.00613. The Morgan fingerprint density at radius 2 is 2.00 bits per heavy atom. The van der Waals surface area contributed by atoms with Crippen LogP contribution in [0.4, 0.5) is 0 Å². The van der Waals surface area contributed by atoms with E-state index in [0.717, 1.165) is 5.56 Å². The van der Waals surface area contributed by atoms with Crippen molar-refractivity contribution in [3.05, 3.63) is 29.8 Å². The van der Waals surface area contributed by atoms with Gasteiger partial charge in [-0.15, -0.1) is 0 Å². The van der Waals surface area contributed by atoms with E-state index in [1.54, 1.807) is 24.3 Å². The van der Waals surface area contributed by atoms with E-state index in [9.17, 15) is 9.59 Å². The zero-order valence-corrected chi connectivity index (χ0v) is 10.1. The number of ether oxygens (including phenoxy) is 3. The molecule has 6 nitrogen and oxygen atoms in total. The lowest BCUT2D eigenvalue weighted by Crippen LogP contribution is -2.19. The zero-order valence-electron chi connectivity index (χ0n) is 10.1. The predicted octanol–water partition coefficient (Wildman–Crippen LogP) is 0.499. The summed E-state index contributed by atoms with van der Waals surface area (Å²) in [7, 11) is 0. The van der Waals surface area contributed by atoms with Crippen LogP contribution in [0, 0.1) is 0 Å². The molecule has 0 unspecified atom stereocenters. The van der Waals surface area contributed by atoms with Crippen LogP contribution in [0.3, 0.4) is 0 Å². The highest BCUT2D eigenvalue weighted by Crippen LogP contribution is 2.30. The van der Waals surface area contributed by atoms with Crippen molar-refractivity contribution in [1.82, 2.24) is 0 Å². The van der Waals surface area contributed by atoms with Crippen LogP contribution in [0.15, 0.2) is 24.3 Å². The van der Waals surface area contributed by atoms with Gasteiger partial charge in [-0.1, -0.05) is 6.07 Å². The van der Waals surface area contributed by atoms with E-state index in [4.69, 9.17) is 15.2 Å². The lowest BCUT2D eigenvalue weighted by Gasteiger charge is -2.18. The number of hydrogen-bond donors (Lipinski definition) is 1. The van der Waals surface area contributed by atoms with E-state index in [2.05, 4.69) is 4.74 Å². The molecule has 0 fully saturated rings. The Labute approximate surface area is 109 Å². The number of fused-ring (bicyclic) bond motifs is 1. The molecule has 1 amide bonds. The van der Waals surface area contributed by atoms with Crippen molar-refractivity contribution in [3.8, 4) is 11.5 Å². The summed E-state index contributed by atoms with van der Waals surface area (Å²) < 4.78 is 15.4. The average molecular weight is 263 g/mol. The number of nitrogens with two attached hydrogens (primary N) is 1. The van der Waals surface area contributed by atoms with Crippen LogP contribution in [0.25, 0.3) is 6.08 Å². The fourth-order valence-corrected chi connectivity index (χ4v) is 1.52. The first-order valence-corrected chi connectivity index (χ1v) is 5.68. The van der Waals surface area contributed by atoms with Crippen LogP contribution in [0.1, 0.15) is 5.56 Å². The summed E-state index contributed by atoms with van der Waals surface area (Å²) in [5, 5.41) is 0. The topological polar surface area (TPSA) is 87.9 Å². The second-order valence-electron chi connectivity index (χ2n) is 3.81. The van der Waals surface area contributed by atoms with E-state index in [-0.39, 0.29) is 0 Å². The maximum atomic E-state index is 11.2. The van der Waals surface area contributed by atoms with Crippen molar-refractivity contribution >= 4 is 18.0 Å². The van der Waals surface area contributed by atoms with E-state index < -0.39 is 18.5 Å². The number of primary amides is 1. The Morgan fingerprint density at radius 1 is 1.26 bits per heavy atom. The molecule has 1 aromatic rings. The normalized spacial score (nSPS) is 13.3. The van der Waals surface area contributed by atoms with Gasteiger partial charge in [0.25, 0.3) is 5.91 Å². The highest BCUT2D eigenvalue weighted by Gasteiger charge is 2.10. The number of carbonyl (C=O) groups is 2. The van der Waals surface area contributed by atoms with E-state index >= 15 is 0 Å². The van der Waals surface area contributed by atoms with Gasteiger partial charge >= 0.3 is 5.97 Å². The maximum Gasteiger partial charge on any atom is 0.331 e. The SMILES string of the molecule is NC(=O)COC(=O)/C=C/c1ccc2c(c1)OCCO2. The van der Waals surface area contributed by atoms with Crippen LogP contribution in [0.5, 0.6) is 11.5 Å². The van der Waals surface area contributed by atoms with Gasteiger partial charge in [0.15, 0.2) is 18.1 Å². The summed E-state index contributed by atoms with van der Waals surface area (Å²) in [6, 6.07) is 5.31. The Hall–Kier alpha value is -2.50. The summed E-state index contributed by atoms with van der Waals surface area (Å²) in [6.07, 6.45) is 2.77. The molecule has 0 saturated heterocycles. The molecule has 100 valence electrons. The molecule has 2 N–H and O–H groups in total. The van der Waals surface area contributed by atoms with Crippen molar-refractivity contribution in [2.75, 3.05) is 19.8 Å². The molecule has 0 radical (unpaired) electrons. The van der Waals surface area contributed by atoms with E-state index in [1.807, 2.05) is 0 Å². The third-order valence-electron chi connectivity index (χ3n) is 2.33. The first-order valence-electron chi connectivity index (χ1n) is 5.68. The molecule has 2 rings (SSSR count). The molecule has 0 saturated carbocycles. The van der Waals surface area contributed by atoms with Crippen molar-refractivity contribution in [2.24, 2.45) is 5.73 Å². The van der Waals surface area contributed by atoms with Gasteiger partial charge in [-0.25, -0.2) is 4.79 Å². The number of carbonyl (C=O) groups excluding carboxylic acids is 2. The Morgan fingerprint density at radius 3 is 2.74 bits per heavy atom. The lowest BCUT2D eigenvalue weighted by molar-refractivity contribution is -0.142. The van der Waals surface area contributed by atoms with E-state index in [0.29, 0.717) is 24.7 Å². The van der Waals surface area contributed by atoms with Crippen LogP contribution in [-0.2, 0) is 14.3 Å². The van der Waals surface area contributed by atoms with Gasteiger partial charge in [-0.05, 0) is 23.8 Å². The van der Waals surface area contributed by atoms with Gasteiger partial charge in [0.05, 0.1) is 0 Å². The highest BCUT2D eigenvalue weighted by molar-refractivity contribution is 5.89. The molecule has 0 aromatic heterocycles. The number of hydrogen-bond acceptors (Lipinski definition) is 5. The van der Waals surface area contributed by atoms with Crippen molar-refractivity contribution < 1.29 is 23.8 Å². The van der Waals surface area contributed by atoms with Gasteiger partial charge in [0, 0.05) is 6.08 Å². The third kappa shape index (κ3) is 3.74. The maximum absolute atomic E-state index is 11.2. The molecule has 0 atom stereocenters. The standard InChI is InChI=1S/C13H13NO5/c14-12(15)8-19-13(16)4-2-9-1-3-10-11(7-9)18-6-5-17-10/h1-4,7H,5-6,8H2,(H2,14,15)/b4-2+. The van der Waals surface area contributed by atoms with Gasteiger partial charge < -0.3 is 19.9 Å². The van der Waals surface area contributed by atoms with Crippen LogP contribution >= 0.6 is 0 Å². The van der Waals surface area contributed by atoms with Gasteiger partial charge in [-0.3, -0.25) is 4.79 Å². The summed E-state index contributed by atoms with van der Waals surface area (Å²) >= 11 is 0. The molecule has 19 heavy (non-hydrogen) atoms. The quantitative estimate of drug-likeness (QED) is 0.631. The summed E-state index contributed by atoms with van der Waals surface area (Å²) in [6.45, 7) is 0.604. The molecule has 1 heterocycles. The minimum Gasteiger partial charge on any atom is -0.486 e. The number of esters is 1. The Bertz CT molecular complexity index is 524. The highest BCUT2D eigenvalue weighted by atomic mass is 16.6. The Balaban J connectivity index is 1.98. The first kappa shape index (κ1) is 12.9. The summed E-state index contributed by atoms with van der Waals surface area (Å²) in [5.41, 5.74) is 5.62. The lowest BCUT2D eigenvalue weighted by atomic mass is 10.2. The van der Waals surface area contributed by atoms with Crippen LogP contribution in [-0.4, -0.2) is 31.7 Å². The monoisotopic (exact) mass is 263 g/mol. The molecular weight excluding hydrogens is 250 g/mol. The Kier molecular flexibility index (Phi) is 4.02. The predicted molar refractivity (Wildman–Crippen MR) is 66.6 cm³/mol. The van der Waals surface area contributed by atoms with Gasteiger partial charge in [0.1, 0.15) is 13.2 Å². The minimum atomic E-state index is -0.693. The zero-order chi connectivity index (χ0) is 13.7. The van der Waals surface area contributed by atoms with Crippen molar-refractivity contribution in [2.45, 2.75) is 0 Å². The average Bonchev–Trinajstić information content (AvgIpc) is 2.42. The number of amides is 1. The summed E-state index contributed by atoms with van der Waals surface area (Å²) in [4.78, 5) is 21.7. The van der Waals surface area contributed by atoms with Crippen molar-refractivity contribution in [1.29, 1.82) is 0 Å². The second-order valence-corrected chi connectivity index (χ2v) is 3.81. The van der Waals surface area contributed by atoms with Crippen molar-refractivity contribution in [3.63, 3.8) is 0 Å². The smallest absolute Gasteiger partial charge is 0.331 e. The molecule has 1 aliphatic heterocycles. The molecule has 1 aliphatic rings. The molecule has 0 bridgehead atoms. The second kappa shape index (κ2) is 5.90. The molecule has 0 aliphatic carbocycles. The van der Waals surface area contributed by atoms with Gasteiger partial charge in [-0.2, -0.15) is 0 Å². The molecular formula is C13H13NO5. The van der Waals surface area contributed by atoms with Crippen LogP contribution < -0.4 is 15.2 Å². The minimum absolute atomic E-state index is 0.426. The van der Waals surface area contributed by atoms with Gasteiger partial charge in [0.2, 0.25) is 0 Å².